The minimum atomic E-state index is 0.747. The molecule has 0 amide bonds. The highest BCUT2D eigenvalue weighted by Gasteiger charge is 2.06. The minimum Gasteiger partial charge on any atom is -0.399 e. The lowest BCUT2D eigenvalue weighted by Crippen LogP contribution is -1.92. The highest BCUT2D eigenvalue weighted by atomic mass is 35.5. The molecule has 2 nitrogen and oxygen atoms in total. The standard InChI is InChI=1S/C11H11ClN2S/c1-7-11(15-6-14-7)5-8-4-9(13)2-3-10(8)12/h2-4,6H,5,13H2,1H3. The van der Waals surface area contributed by atoms with Crippen molar-refractivity contribution in [3.63, 3.8) is 0 Å². The van der Waals surface area contributed by atoms with Crippen LogP contribution >= 0.6 is 22.9 Å². The summed E-state index contributed by atoms with van der Waals surface area (Å²) >= 11 is 7.74. The zero-order valence-electron chi connectivity index (χ0n) is 8.33. The predicted molar refractivity (Wildman–Crippen MR) is 65.5 cm³/mol. The lowest BCUT2D eigenvalue weighted by molar-refractivity contribution is 1.15. The zero-order chi connectivity index (χ0) is 10.8. The fourth-order valence-corrected chi connectivity index (χ4v) is 2.38. The van der Waals surface area contributed by atoms with Gasteiger partial charge < -0.3 is 5.73 Å². The molecule has 1 aromatic heterocycles. The van der Waals surface area contributed by atoms with Gasteiger partial charge in [-0.3, -0.25) is 0 Å². The Balaban J connectivity index is 2.32. The number of benzene rings is 1. The van der Waals surface area contributed by atoms with E-state index in [4.69, 9.17) is 17.3 Å². The average molecular weight is 239 g/mol. The van der Waals surface area contributed by atoms with E-state index in [2.05, 4.69) is 4.98 Å². The molecule has 0 aliphatic heterocycles. The van der Waals surface area contributed by atoms with E-state index in [9.17, 15) is 0 Å². The van der Waals surface area contributed by atoms with Gasteiger partial charge >= 0.3 is 0 Å². The van der Waals surface area contributed by atoms with E-state index < -0.39 is 0 Å². The second kappa shape index (κ2) is 4.21. The Bertz CT molecular complexity index is 479. The van der Waals surface area contributed by atoms with Crippen LogP contribution in [0.4, 0.5) is 5.69 Å². The van der Waals surface area contributed by atoms with E-state index >= 15 is 0 Å². The summed E-state index contributed by atoms with van der Waals surface area (Å²) in [5, 5.41) is 0.761. The quantitative estimate of drug-likeness (QED) is 0.816. The van der Waals surface area contributed by atoms with E-state index in [0.29, 0.717) is 0 Å². The summed E-state index contributed by atoms with van der Waals surface area (Å²) in [5.41, 5.74) is 10.4. The van der Waals surface area contributed by atoms with Gasteiger partial charge in [-0.2, -0.15) is 0 Å². The number of aryl methyl sites for hydroxylation is 1. The van der Waals surface area contributed by atoms with Crippen molar-refractivity contribution >= 4 is 28.6 Å². The summed E-state index contributed by atoms with van der Waals surface area (Å²) in [5.74, 6) is 0. The van der Waals surface area contributed by atoms with E-state index in [0.717, 1.165) is 28.4 Å². The second-order valence-electron chi connectivity index (χ2n) is 3.39. The molecule has 15 heavy (non-hydrogen) atoms. The number of nitrogens with zero attached hydrogens (tertiary/aromatic N) is 1. The number of rotatable bonds is 2. The van der Waals surface area contributed by atoms with Crippen molar-refractivity contribution in [2.75, 3.05) is 5.73 Å². The molecule has 0 saturated carbocycles. The van der Waals surface area contributed by atoms with Crippen LogP contribution in [0.5, 0.6) is 0 Å². The summed E-state index contributed by atoms with van der Waals surface area (Å²) in [6.45, 7) is 2.01. The highest BCUT2D eigenvalue weighted by Crippen LogP contribution is 2.24. The van der Waals surface area contributed by atoms with Crippen LogP contribution in [0.25, 0.3) is 0 Å². The minimum absolute atomic E-state index is 0.747. The summed E-state index contributed by atoms with van der Waals surface area (Å²) in [6.07, 6.45) is 0.806. The molecule has 0 aliphatic carbocycles. The summed E-state index contributed by atoms with van der Waals surface area (Å²) in [6, 6.07) is 5.56. The van der Waals surface area contributed by atoms with E-state index in [1.54, 1.807) is 11.3 Å². The molecule has 0 fully saturated rings. The number of nitrogens with two attached hydrogens (primary N) is 1. The first kappa shape index (κ1) is 10.5. The maximum absolute atomic E-state index is 6.09. The smallest absolute Gasteiger partial charge is 0.0797 e. The molecule has 0 saturated heterocycles. The molecule has 0 atom stereocenters. The van der Waals surface area contributed by atoms with Gasteiger partial charge in [0.2, 0.25) is 0 Å². The first-order valence-corrected chi connectivity index (χ1v) is 5.85. The largest absolute Gasteiger partial charge is 0.399 e. The lowest BCUT2D eigenvalue weighted by atomic mass is 10.1. The Kier molecular flexibility index (Phi) is 2.93. The Morgan fingerprint density at radius 3 is 2.93 bits per heavy atom. The molecule has 2 aromatic rings. The van der Waals surface area contributed by atoms with Crippen molar-refractivity contribution in [2.24, 2.45) is 0 Å². The first-order valence-electron chi connectivity index (χ1n) is 4.59. The number of anilines is 1. The van der Waals surface area contributed by atoms with Gasteiger partial charge in [0.05, 0.1) is 11.2 Å². The Morgan fingerprint density at radius 2 is 2.27 bits per heavy atom. The lowest BCUT2D eigenvalue weighted by Gasteiger charge is -2.04. The number of thiazole rings is 1. The summed E-state index contributed by atoms with van der Waals surface area (Å²) < 4.78 is 0. The molecular weight excluding hydrogens is 228 g/mol. The van der Waals surface area contributed by atoms with Crippen LogP contribution < -0.4 is 5.73 Å². The molecule has 0 spiro atoms. The van der Waals surface area contributed by atoms with Crippen molar-refractivity contribution < 1.29 is 0 Å². The fraction of sp³-hybridized carbons (Fsp3) is 0.182. The second-order valence-corrected chi connectivity index (χ2v) is 4.74. The fourth-order valence-electron chi connectivity index (χ4n) is 1.40. The van der Waals surface area contributed by atoms with Crippen LogP contribution in [-0.2, 0) is 6.42 Å². The first-order chi connectivity index (χ1) is 7.16. The van der Waals surface area contributed by atoms with Crippen LogP contribution in [-0.4, -0.2) is 4.98 Å². The van der Waals surface area contributed by atoms with Gasteiger partial charge in [-0.05, 0) is 30.7 Å². The zero-order valence-corrected chi connectivity index (χ0v) is 9.90. The van der Waals surface area contributed by atoms with Gasteiger partial charge in [0.1, 0.15) is 0 Å². The van der Waals surface area contributed by atoms with Crippen molar-refractivity contribution in [1.82, 2.24) is 4.98 Å². The maximum atomic E-state index is 6.09. The van der Waals surface area contributed by atoms with Crippen LogP contribution in [0, 0.1) is 6.92 Å². The summed E-state index contributed by atoms with van der Waals surface area (Å²) in [4.78, 5) is 5.45. The summed E-state index contributed by atoms with van der Waals surface area (Å²) in [7, 11) is 0. The van der Waals surface area contributed by atoms with Gasteiger partial charge in [-0.15, -0.1) is 11.3 Å². The van der Waals surface area contributed by atoms with Crippen LogP contribution in [0.1, 0.15) is 16.1 Å². The number of aromatic nitrogens is 1. The van der Waals surface area contributed by atoms with Crippen LogP contribution in [0.3, 0.4) is 0 Å². The Labute approximate surface area is 97.7 Å². The van der Waals surface area contributed by atoms with E-state index in [1.165, 1.54) is 4.88 Å². The van der Waals surface area contributed by atoms with Crippen molar-refractivity contribution in [1.29, 1.82) is 0 Å². The molecule has 1 aromatic carbocycles. The van der Waals surface area contributed by atoms with E-state index in [1.807, 2.05) is 30.6 Å². The molecule has 2 rings (SSSR count). The third-order valence-corrected chi connectivity index (χ3v) is 3.57. The van der Waals surface area contributed by atoms with Gasteiger partial charge in [0.25, 0.3) is 0 Å². The molecule has 1 heterocycles. The monoisotopic (exact) mass is 238 g/mol. The Morgan fingerprint density at radius 1 is 1.47 bits per heavy atom. The molecule has 0 bridgehead atoms. The molecule has 2 N–H and O–H groups in total. The van der Waals surface area contributed by atoms with E-state index in [-0.39, 0.29) is 0 Å². The SMILES string of the molecule is Cc1ncsc1Cc1cc(N)ccc1Cl. The van der Waals surface area contributed by atoms with Gasteiger partial charge in [-0.25, -0.2) is 4.98 Å². The third-order valence-electron chi connectivity index (χ3n) is 2.27. The maximum Gasteiger partial charge on any atom is 0.0797 e. The number of hydrogen-bond acceptors (Lipinski definition) is 3. The highest BCUT2D eigenvalue weighted by molar-refractivity contribution is 7.09. The van der Waals surface area contributed by atoms with Gasteiger partial charge in [0.15, 0.2) is 0 Å². The average Bonchev–Trinajstić information content (AvgIpc) is 2.58. The van der Waals surface area contributed by atoms with Gasteiger partial charge in [0, 0.05) is 22.0 Å². The van der Waals surface area contributed by atoms with Crippen molar-refractivity contribution in [3.8, 4) is 0 Å². The molecule has 0 aliphatic rings. The van der Waals surface area contributed by atoms with Crippen LogP contribution in [0.15, 0.2) is 23.7 Å². The molecular formula is C11H11ClN2S. The van der Waals surface area contributed by atoms with Crippen molar-refractivity contribution in [2.45, 2.75) is 13.3 Å². The van der Waals surface area contributed by atoms with Crippen molar-refractivity contribution in [3.05, 3.63) is 44.9 Å². The topological polar surface area (TPSA) is 38.9 Å². The molecule has 0 radical (unpaired) electrons. The number of nitrogen functional groups attached to an aromatic ring is 1. The molecule has 78 valence electrons. The molecule has 0 unspecified atom stereocenters. The number of hydrogen-bond donors (Lipinski definition) is 1. The van der Waals surface area contributed by atoms with Crippen LogP contribution in [0.2, 0.25) is 5.02 Å². The molecule has 4 heteroatoms. The number of halogens is 1. The van der Waals surface area contributed by atoms with Gasteiger partial charge in [-0.1, -0.05) is 11.6 Å². The predicted octanol–water partition coefficient (Wildman–Crippen LogP) is 3.28. The third kappa shape index (κ3) is 2.30. The normalized spacial score (nSPS) is 10.5. The Hall–Kier alpha value is -1.06.